The Morgan fingerprint density at radius 1 is 1.09 bits per heavy atom. The van der Waals surface area contributed by atoms with Gasteiger partial charge >= 0.3 is 0 Å². The summed E-state index contributed by atoms with van der Waals surface area (Å²) in [6.45, 7) is 1.57. The molecule has 0 saturated carbocycles. The number of carbonyl (C=O) groups is 2. The number of anilines is 1. The van der Waals surface area contributed by atoms with E-state index in [0.29, 0.717) is 42.1 Å². The quantitative estimate of drug-likeness (QED) is 0.697. The maximum Gasteiger partial charge on any atom is 0.251 e. The van der Waals surface area contributed by atoms with E-state index >= 15 is 0 Å². The van der Waals surface area contributed by atoms with Crippen molar-refractivity contribution in [2.45, 2.75) is 16.2 Å². The first-order valence-corrected chi connectivity index (χ1v) is 12.2. The molecular weight excluding hydrogens is 468 g/mol. The lowest BCUT2D eigenvalue weighted by Crippen LogP contribution is -2.61. The molecule has 2 aromatic carbocycles. The highest BCUT2D eigenvalue weighted by Gasteiger charge is 2.78. The van der Waals surface area contributed by atoms with Crippen LogP contribution in [0.3, 0.4) is 0 Å². The topological polar surface area (TPSA) is 92.7 Å². The largest absolute Gasteiger partial charge is 0.493 e. The molecule has 2 fully saturated rings. The molecule has 35 heavy (non-hydrogen) atoms. The number of methoxy groups -OCH3 is 3. The highest BCUT2D eigenvalue weighted by molar-refractivity contribution is 8.16. The summed E-state index contributed by atoms with van der Waals surface area (Å²) in [7, 11) is 6.61. The van der Waals surface area contributed by atoms with Crippen molar-refractivity contribution >= 4 is 34.4 Å². The molecule has 1 N–H and O–H groups in total. The zero-order valence-corrected chi connectivity index (χ0v) is 20.8. The van der Waals surface area contributed by atoms with Crippen molar-refractivity contribution in [3.8, 4) is 17.2 Å². The van der Waals surface area contributed by atoms with E-state index in [0.717, 1.165) is 16.8 Å². The van der Waals surface area contributed by atoms with Crippen LogP contribution in [-0.2, 0) is 15.1 Å². The van der Waals surface area contributed by atoms with E-state index in [1.807, 2.05) is 48.3 Å². The summed E-state index contributed by atoms with van der Waals surface area (Å²) >= 11 is 1.42. The van der Waals surface area contributed by atoms with Crippen LogP contribution in [0.5, 0.6) is 17.2 Å². The first-order chi connectivity index (χ1) is 16.9. The molecule has 2 aromatic rings. The van der Waals surface area contributed by atoms with Crippen LogP contribution in [-0.4, -0.2) is 79.5 Å². The van der Waals surface area contributed by atoms with Gasteiger partial charge in [0.1, 0.15) is 4.75 Å². The van der Waals surface area contributed by atoms with E-state index in [4.69, 9.17) is 14.2 Å². The number of nitrogens with zero attached hydrogens (tertiary/aromatic N) is 3. The molecule has 4 aliphatic rings. The van der Waals surface area contributed by atoms with Gasteiger partial charge in [-0.2, -0.15) is 0 Å². The van der Waals surface area contributed by atoms with Crippen LogP contribution in [0.4, 0.5) is 5.69 Å². The van der Waals surface area contributed by atoms with Crippen LogP contribution in [0, 0.1) is 0 Å². The van der Waals surface area contributed by atoms with Gasteiger partial charge < -0.3 is 19.5 Å². The lowest BCUT2D eigenvalue weighted by atomic mass is 9.72. The second kappa shape index (κ2) is 7.63. The molecule has 182 valence electrons. The average molecular weight is 495 g/mol. The van der Waals surface area contributed by atoms with Crippen LogP contribution in [0.1, 0.15) is 17.0 Å². The van der Waals surface area contributed by atoms with Crippen LogP contribution in [0.15, 0.2) is 41.4 Å². The normalized spacial score (nSPS) is 29.0. The molecule has 0 aliphatic carbocycles. The van der Waals surface area contributed by atoms with Crippen molar-refractivity contribution in [1.29, 1.82) is 0 Å². The fourth-order valence-electron chi connectivity index (χ4n) is 6.25. The van der Waals surface area contributed by atoms with Gasteiger partial charge in [0, 0.05) is 30.3 Å². The van der Waals surface area contributed by atoms with Gasteiger partial charge in [-0.25, -0.2) is 0 Å². The molecule has 2 spiro atoms. The van der Waals surface area contributed by atoms with Gasteiger partial charge in [0.2, 0.25) is 11.7 Å². The number of amidine groups is 1. The smallest absolute Gasteiger partial charge is 0.251 e. The number of hydrogen-bond acceptors (Lipinski definition) is 8. The summed E-state index contributed by atoms with van der Waals surface area (Å²) in [5.41, 5.74) is 1.17. The number of thioether (sulfide) groups is 1. The van der Waals surface area contributed by atoms with Crippen LogP contribution < -0.4 is 19.5 Å². The van der Waals surface area contributed by atoms with Crippen LogP contribution in [0.25, 0.3) is 0 Å². The van der Waals surface area contributed by atoms with Crippen LogP contribution >= 0.6 is 11.8 Å². The molecule has 10 heteroatoms. The maximum atomic E-state index is 14.4. The number of fused-ring (bicyclic) bond motifs is 4. The Bertz CT molecular complexity index is 1270. The highest BCUT2D eigenvalue weighted by atomic mass is 32.2. The minimum absolute atomic E-state index is 0.0892. The molecule has 2 saturated heterocycles. The Morgan fingerprint density at radius 3 is 2.46 bits per heavy atom. The van der Waals surface area contributed by atoms with Crippen molar-refractivity contribution in [1.82, 2.24) is 9.80 Å². The van der Waals surface area contributed by atoms with E-state index in [1.54, 1.807) is 26.2 Å². The minimum Gasteiger partial charge on any atom is -0.493 e. The number of ether oxygens (including phenoxy) is 3. The molecule has 0 aromatic heterocycles. The Hall–Kier alpha value is -3.24. The number of likely N-dealkylation sites (N-methyl/N-ethyl adjacent to an activating group) is 1. The van der Waals surface area contributed by atoms with Crippen molar-refractivity contribution in [3.63, 3.8) is 0 Å². The molecule has 2 amide bonds. The Kier molecular flexibility index (Phi) is 4.85. The van der Waals surface area contributed by atoms with Gasteiger partial charge in [-0.15, -0.1) is 0 Å². The lowest BCUT2D eigenvalue weighted by molar-refractivity contribution is -0.138. The van der Waals surface area contributed by atoms with Gasteiger partial charge in [0.05, 0.1) is 27.9 Å². The Balaban J connectivity index is 1.64. The third kappa shape index (κ3) is 2.56. The number of para-hydroxylation sites is 1. The Morgan fingerprint density at radius 2 is 1.80 bits per heavy atom. The molecule has 0 radical (unpaired) electrons. The van der Waals surface area contributed by atoms with Crippen molar-refractivity contribution in [3.05, 3.63) is 47.5 Å². The number of hydrogen-bond donors (Lipinski definition) is 1. The molecule has 0 unspecified atom stereocenters. The molecule has 9 nitrogen and oxygen atoms in total. The van der Waals surface area contributed by atoms with Gasteiger partial charge in [0.15, 0.2) is 22.2 Å². The third-order valence-electron chi connectivity index (χ3n) is 7.66. The SMILES string of the molecule is COc1cc([C@@H]2CN(C)[C@]3(C(=O)Nc4ccccc43)[C@]23SC2=NCCN2C3=O)cc(OC)c1OC. The number of likely N-dealkylation sites (tertiary alicyclic amines) is 1. The maximum absolute atomic E-state index is 14.4. The summed E-state index contributed by atoms with van der Waals surface area (Å²) in [6, 6.07) is 11.4. The van der Waals surface area contributed by atoms with Crippen molar-refractivity contribution in [2.24, 2.45) is 4.99 Å². The molecule has 4 heterocycles. The fraction of sp³-hybridized carbons (Fsp3) is 0.400. The first-order valence-electron chi connectivity index (χ1n) is 11.4. The monoisotopic (exact) mass is 494 g/mol. The fourth-order valence-corrected chi connectivity index (χ4v) is 8.03. The van der Waals surface area contributed by atoms with E-state index in [9.17, 15) is 9.59 Å². The van der Waals surface area contributed by atoms with Gasteiger partial charge in [-0.1, -0.05) is 30.0 Å². The number of carbonyl (C=O) groups excluding carboxylic acids is 2. The third-order valence-corrected chi connectivity index (χ3v) is 9.27. The summed E-state index contributed by atoms with van der Waals surface area (Å²) < 4.78 is 15.6. The van der Waals surface area contributed by atoms with Crippen molar-refractivity contribution < 1.29 is 23.8 Å². The molecule has 0 bridgehead atoms. The number of nitrogens with one attached hydrogen (secondary N) is 1. The number of amides is 2. The predicted molar refractivity (Wildman–Crippen MR) is 133 cm³/mol. The molecule has 3 atom stereocenters. The number of benzene rings is 2. The second-order valence-electron chi connectivity index (χ2n) is 9.06. The van der Waals surface area contributed by atoms with Gasteiger partial charge in [-0.3, -0.25) is 24.4 Å². The zero-order valence-electron chi connectivity index (χ0n) is 20.0. The lowest BCUT2D eigenvalue weighted by Gasteiger charge is -2.41. The zero-order chi connectivity index (χ0) is 24.5. The molecule has 6 rings (SSSR count). The van der Waals surface area contributed by atoms with Crippen LogP contribution in [0.2, 0.25) is 0 Å². The predicted octanol–water partition coefficient (Wildman–Crippen LogP) is 2.27. The van der Waals surface area contributed by atoms with Gasteiger partial charge in [-0.05, 0) is 30.8 Å². The molecular formula is C25H26N4O5S. The van der Waals surface area contributed by atoms with Gasteiger partial charge in [0.25, 0.3) is 5.91 Å². The summed E-state index contributed by atoms with van der Waals surface area (Å²) in [5.74, 6) is 0.847. The molecule has 4 aliphatic heterocycles. The number of aliphatic imine (C=N–C) groups is 1. The Labute approximate surface area is 207 Å². The van der Waals surface area contributed by atoms with E-state index < -0.39 is 10.3 Å². The van der Waals surface area contributed by atoms with E-state index in [2.05, 4.69) is 10.3 Å². The number of rotatable bonds is 4. The average Bonchev–Trinajstić information content (AvgIpc) is 3.58. The first kappa shape index (κ1) is 22.2. The standard InChI is InChI=1S/C25H26N4O5S/c1-28-13-16(14-11-18(32-2)20(34-4)19(12-14)33-3)25(22(31)29-10-9-26-23(29)35-25)24(28)15-7-5-6-8-17(15)27-21(24)30/h5-8,11-12,16H,9-10,13H2,1-4H3,(H,27,30)/t16-,24+,25-/m0/s1. The highest BCUT2D eigenvalue weighted by Crippen LogP contribution is 2.66. The van der Waals surface area contributed by atoms with Crippen molar-refractivity contribution in [2.75, 3.05) is 53.3 Å². The summed E-state index contributed by atoms with van der Waals surface area (Å²) in [4.78, 5) is 36.8. The van der Waals surface area contributed by atoms with E-state index in [1.165, 1.54) is 11.8 Å². The second-order valence-corrected chi connectivity index (χ2v) is 10.3. The van der Waals surface area contributed by atoms with E-state index in [-0.39, 0.29) is 17.7 Å². The minimum atomic E-state index is -1.21. The summed E-state index contributed by atoms with van der Waals surface area (Å²) in [5, 5.41) is 3.74. The summed E-state index contributed by atoms with van der Waals surface area (Å²) in [6.07, 6.45) is 0.